The predicted octanol–water partition coefficient (Wildman–Crippen LogP) is 12.6. The minimum absolute atomic E-state index is 1.15. The number of fused-ring (bicyclic) bond motifs is 10. The number of nitrogens with zero attached hydrogens (tertiary/aromatic N) is 3. The Morgan fingerprint density at radius 3 is 1.45 bits per heavy atom. The maximum atomic E-state index is 2.48. The summed E-state index contributed by atoms with van der Waals surface area (Å²) in [6.45, 7) is 0. The molecule has 0 aliphatic rings. The molecule has 0 aliphatic heterocycles. The van der Waals surface area contributed by atoms with Gasteiger partial charge in [0.2, 0.25) is 0 Å². The second-order valence-electron chi connectivity index (χ2n) is 13.4. The summed E-state index contributed by atoms with van der Waals surface area (Å²) in [5.41, 5.74) is 13.2. The van der Waals surface area contributed by atoms with Crippen LogP contribution in [0.1, 0.15) is 0 Å². The second-order valence-corrected chi connectivity index (χ2v) is 13.4. The van der Waals surface area contributed by atoms with Crippen LogP contribution in [-0.4, -0.2) is 13.7 Å². The number of hydrogen-bond donors (Lipinski definition) is 0. The molecule has 0 bridgehead atoms. The van der Waals surface area contributed by atoms with Gasteiger partial charge in [0.15, 0.2) is 0 Å². The van der Waals surface area contributed by atoms with Crippen LogP contribution in [0.15, 0.2) is 188 Å². The number of benzene rings is 8. The molecule has 3 heteroatoms. The Balaban J connectivity index is 1.17. The maximum absolute atomic E-state index is 2.48. The highest BCUT2D eigenvalue weighted by Crippen LogP contribution is 2.42. The van der Waals surface area contributed by atoms with E-state index in [1.807, 2.05) is 0 Å². The molecule has 0 radical (unpaired) electrons. The molecule has 0 N–H and O–H groups in total. The third kappa shape index (κ3) is 4.06. The van der Waals surface area contributed by atoms with Gasteiger partial charge in [-0.15, -0.1) is 0 Å². The SMILES string of the molecule is c1ccc(-n2c3ccccc3c3cc(-c4cccc(-n5c6ccccc6c6ccc7c(c8ccccc8n7-c7ccccc7)c65)c4)ccc32)cc1. The van der Waals surface area contributed by atoms with Crippen LogP contribution >= 0.6 is 0 Å². The number of hydrogen-bond acceptors (Lipinski definition) is 0. The van der Waals surface area contributed by atoms with Gasteiger partial charge in [-0.2, -0.15) is 0 Å². The fourth-order valence-corrected chi connectivity index (χ4v) is 8.46. The lowest BCUT2D eigenvalue weighted by Crippen LogP contribution is -1.96. The highest BCUT2D eigenvalue weighted by Gasteiger charge is 2.21. The van der Waals surface area contributed by atoms with Crippen LogP contribution in [0, 0.1) is 0 Å². The molecule has 3 nitrogen and oxygen atoms in total. The van der Waals surface area contributed by atoms with Gasteiger partial charge in [0.05, 0.1) is 33.1 Å². The molecule has 0 spiro atoms. The Hall–Kier alpha value is -6.84. The zero-order valence-corrected chi connectivity index (χ0v) is 27.7. The van der Waals surface area contributed by atoms with E-state index in [1.165, 1.54) is 82.2 Å². The predicted molar refractivity (Wildman–Crippen MR) is 215 cm³/mol. The van der Waals surface area contributed by atoms with E-state index in [4.69, 9.17) is 0 Å². The fraction of sp³-hybridized carbons (Fsp3) is 0. The van der Waals surface area contributed by atoms with Crippen molar-refractivity contribution in [1.82, 2.24) is 13.7 Å². The summed E-state index contributed by atoms with van der Waals surface area (Å²) in [5, 5.41) is 7.55. The maximum Gasteiger partial charge on any atom is 0.0641 e. The molecular weight excluding hydrogens is 619 g/mol. The average Bonchev–Trinajstić information content (AvgIpc) is 3.84. The quantitative estimate of drug-likeness (QED) is 0.180. The minimum atomic E-state index is 1.15. The number of rotatable bonds is 4. The van der Waals surface area contributed by atoms with E-state index in [-0.39, 0.29) is 0 Å². The van der Waals surface area contributed by atoms with Gasteiger partial charge in [0.1, 0.15) is 0 Å². The summed E-state index contributed by atoms with van der Waals surface area (Å²) in [5.74, 6) is 0. The molecule has 0 saturated heterocycles. The van der Waals surface area contributed by atoms with E-state index >= 15 is 0 Å². The standard InChI is InChI=1S/C48H31N3/c1-3-15-34(16-4-1)49-42-23-10-8-21-38(42)41-31-33(26-28-45(41)49)32-14-13-19-36(30-32)51-43-24-11-7-20-37(43)39-27-29-46-47(48(39)51)40-22-9-12-25-44(40)50(46)35-17-5-2-6-18-35/h1-31H. The third-order valence-corrected chi connectivity index (χ3v) is 10.6. The van der Waals surface area contributed by atoms with Crippen molar-refractivity contribution in [2.24, 2.45) is 0 Å². The topological polar surface area (TPSA) is 14.8 Å². The van der Waals surface area contributed by atoms with Crippen molar-refractivity contribution in [2.45, 2.75) is 0 Å². The van der Waals surface area contributed by atoms with E-state index in [0.717, 1.165) is 11.4 Å². The van der Waals surface area contributed by atoms with Gasteiger partial charge in [-0.3, -0.25) is 0 Å². The Morgan fingerprint density at radius 2 is 0.745 bits per heavy atom. The van der Waals surface area contributed by atoms with Crippen LogP contribution in [0.5, 0.6) is 0 Å². The molecule has 11 aromatic rings. The summed E-state index contributed by atoms with van der Waals surface area (Å²) in [6, 6.07) is 68.4. The molecule has 3 heterocycles. The van der Waals surface area contributed by atoms with Crippen molar-refractivity contribution in [3.05, 3.63) is 188 Å². The molecular formula is C48H31N3. The van der Waals surface area contributed by atoms with E-state index < -0.39 is 0 Å². The molecule has 0 unspecified atom stereocenters. The summed E-state index contributed by atoms with van der Waals surface area (Å²) < 4.78 is 7.27. The summed E-state index contributed by atoms with van der Waals surface area (Å²) >= 11 is 0. The van der Waals surface area contributed by atoms with Crippen molar-refractivity contribution in [3.63, 3.8) is 0 Å². The van der Waals surface area contributed by atoms with Gasteiger partial charge in [-0.1, -0.05) is 115 Å². The first-order valence-electron chi connectivity index (χ1n) is 17.5. The Morgan fingerprint density at radius 1 is 0.255 bits per heavy atom. The lowest BCUT2D eigenvalue weighted by atomic mass is 10.0. The first-order valence-corrected chi connectivity index (χ1v) is 17.5. The van der Waals surface area contributed by atoms with E-state index in [9.17, 15) is 0 Å². The first kappa shape index (κ1) is 28.0. The number of para-hydroxylation sites is 5. The van der Waals surface area contributed by atoms with Crippen LogP contribution in [0.2, 0.25) is 0 Å². The first-order chi connectivity index (χ1) is 25.3. The molecule has 238 valence electrons. The third-order valence-electron chi connectivity index (χ3n) is 10.6. The zero-order chi connectivity index (χ0) is 33.5. The Bertz CT molecular complexity index is 3120. The van der Waals surface area contributed by atoms with Gasteiger partial charge >= 0.3 is 0 Å². The van der Waals surface area contributed by atoms with Crippen molar-refractivity contribution in [1.29, 1.82) is 0 Å². The zero-order valence-electron chi connectivity index (χ0n) is 27.7. The molecule has 0 saturated carbocycles. The molecule has 8 aromatic carbocycles. The highest BCUT2D eigenvalue weighted by atomic mass is 15.0. The summed E-state index contributed by atoms with van der Waals surface area (Å²) in [4.78, 5) is 0. The normalized spacial score (nSPS) is 11.9. The molecule has 0 atom stereocenters. The lowest BCUT2D eigenvalue weighted by Gasteiger charge is -2.12. The molecule has 11 rings (SSSR count). The van der Waals surface area contributed by atoms with Gasteiger partial charge in [0.25, 0.3) is 0 Å². The monoisotopic (exact) mass is 649 g/mol. The van der Waals surface area contributed by atoms with E-state index in [0.29, 0.717) is 0 Å². The molecule has 0 aliphatic carbocycles. The van der Waals surface area contributed by atoms with Crippen LogP contribution in [0.3, 0.4) is 0 Å². The van der Waals surface area contributed by atoms with Gasteiger partial charge in [-0.05, 0) is 83.9 Å². The van der Waals surface area contributed by atoms with Crippen molar-refractivity contribution in [2.75, 3.05) is 0 Å². The largest absolute Gasteiger partial charge is 0.309 e. The fourth-order valence-electron chi connectivity index (χ4n) is 8.46. The van der Waals surface area contributed by atoms with Crippen molar-refractivity contribution >= 4 is 65.4 Å². The summed E-state index contributed by atoms with van der Waals surface area (Å²) in [6.07, 6.45) is 0. The van der Waals surface area contributed by atoms with Crippen molar-refractivity contribution in [3.8, 4) is 28.2 Å². The van der Waals surface area contributed by atoms with Crippen molar-refractivity contribution < 1.29 is 0 Å². The van der Waals surface area contributed by atoms with Crippen LogP contribution in [0.4, 0.5) is 0 Å². The molecule has 0 fully saturated rings. The molecule has 51 heavy (non-hydrogen) atoms. The molecule has 0 amide bonds. The minimum Gasteiger partial charge on any atom is -0.309 e. The summed E-state index contributed by atoms with van der Waals surface area (Å²) in [7, 11) is 0. The van der Waals surface area contributed by atoms with E-state index in [1.54, 1.807) is 0 Å². The Kier molecular flexibility index (Phi) is 5.96. The smallest absolute Gasteiger partial charge is 0.0641 e. The van der Waals surface area contributed by atoms with E-state index in [2.05, 4.69) is 202 Å². The van der Waals surface area contributed by atoms with Gasteiger partial charge in [-0.25, -0.2) is 0 Å². The van der Waals surface area contributed by atoms with Gasteiger partial charge < -0.3 is 13.7 Å². The number of aromatic nitrogens is 3. The highest BCUT2D eigenvalue weighted by molar-refractivity contribution is 6.26. The van der Waals surface area contributed by atoms with Crippen LogP contribution in [-0.2, 0) is 0 Å². The van der Waals surface area contributed by atoms with Gasteiger partial charge in [0, 0.05) is 49.4 Å². The van der Waals surface area contributed by atoms with Crippen LogP contribution < -0.4 is 0 Å². The average molecular weight is 650 g/mol. The molecule has 3 aromatic heterocycles. The van der Waals surface area contributed by atoms with Crippen LogP contribution in [0.25, 0.3) is 93.6 Å². The lowest BCUT2D eigenvalue weighted by molar-refractivity contribution is 1.17. The Labute approximate surface area is 294 Å². The second kappa shape index (κ2) is 10.8.